The Bertz CT molecular complexity index is 555. The van der Waals surface area contributed by atoms with E-state index >= 15 is 0 Å². The fourth-order valence-electron chi connectivity index (χ4n) is 3.51. The molecule has 1 aromatic carbocycles. The van der Waals surface area contributed by atoms with Crippen molar-refractivity contribution in [1.82, 2.24) is 9.80 Å². The number of aliphatic hydroxyl groups is 1. The number of aliphatic hydroxyl groups excluding tert-OH is 1. The minimum absolute atomic E-state index is 0.000716. The summed E-state index contributed by atoms with van der Waals surface area (Å²) in [7, 11) is 0. The van der Waals surface area contributed by atoms with Crippen molar-refractivity contribution in [3.05, 3.63) is 35.6 Å². The molecule has 132 valence electrons. The van der Waals surface area contributed by atoms with Crippen molar-refractivity contribution >= 4 is 5.91 Å². The van der Waals surface area contributed by atoms with Crippen molar-refractivity contribution < 1.29 is 19.0 Å². The van der Waals surface area contributed by atoms with Crippen molar-refractivity contribution in [2.45, 2.75) is 31.4 Å². The molecule has 1 unspecified atom stereocenters. The average Bonchev–Trinajstić information content (AvgIpc) is 2.62. The van der Waals surface area contributed by atoms with E-state index in [2.05, 4.69) is 4.90 Å². The van der Waals surface area contributed by atoms with Crippen molar-refractivity contribution in [3.63, 3.8) is 0 Å². The largest absolute Gasteiger partial charge is 0.388 e. The highest BCUT2D eigenvalue weighted by Crippen LogP contribution is 2.20. The van der Waals surface area contributed by atoms with Gasteiger partial charge >= 0.3 is 0 Å². The van der Waals surface area contributed by atoms with Gasteiger partial charge in [-0.2, -0.15) is 0 Å². The van der Waals surface area contributed by atoms with Gasteiger partial charge in [0, 0.05) is 45.4 Å². The number of halogens is 1. The summed E-state index contributed by atoms with van der Waals surface area (Å²) < 4.78 is 18.6. The molecular weight excluding hydrogens is 311 g/mol. The van der Waals surface area contributed by atoms with Gasteiger partial charge in [0.1, 0.15) is 5.82 Å². The Labute approximate surface area is 142 Å². The molecule has 0 aromatic heterocycles. The number of nitrogens with zero attached hydrogens (tertiary/aromatic N) is 2. The summed E-state index contributed by atoms with van der Waals surface area (Å²) >= 11 is 0. The summed E-state index contributed by atoms with van der Waals surface area (Å²) in [5.74, 6) is -0.470. The van der Waals surface area contributed by atoms with Crippen LogP contribution >= 0.6 is 0 Å². The molecule has 0 bridgehead atoms. The van der Waals surface area contributed by atoms with Crippen LogP contribution < -0.4 is 0 Å². The first-order valence-corrected chi connectivity index (χ1v) is 8.66. The monoisotopic (exact) mass is 336 g/mol. The van der Waals surface area contributed by atoms with Crippen LogP contribution in [-0.2, 0) is 9.53 Å². The maximum Gasteiger partial charge on any atom is 0.225 e. The van der Waals surface area contributed by atoms with Crippen LogP contribution in [0.15, 0.2) is 24.3 Å². The summed E-state index contributed by atoms with van der Waals surface area (Å²) in [4.78, 5) is 16.6. The SMILES string of the molecule is O=C(CC(O)c1cccc(F)c1)N1CCN(C2CCOCC2)CC1. The van der Waals surface area contributed by atoms with Crippen molar-refractivity contribution in [2.24, 2.45) is 0 Å². The maximum atomic E-state index is 13.2. The number of ether oxygens (including phenoxy) is 1. The zero-order chi connectivity index (χ0) is 16.9. The molecule has 1 amide bonds. The number of carbonyl (C=O) groups excluding carboxylic acids is 1. The van der Waals surface area contributed by atoms with Crippen LogP contribution in [0.3, 0.4) is 0 Å². The zero-order valence-corrected chi connectivity index (χ0v) is 13.9. The number of amides is 1. The lowest BCUT2D eigenvalue weighted by molar-refractivity contribution is -0.135. The third-order valence-corrected chi connectivity index (χ3v) is 4.98. The Morgan fingerprint density at radius 3 is 2.62 bits per heavy atom. The van der Waals surface area contributed by atoms with Gasteiger partial charge in [-0.15, -0.1) is 0 Å². The fraction of sp³-hybridized carbons (Fsp3) is 0.611. The van der Waals surface area contributed by atoms with E-state index < -0.39 is 11.9 Å². The lowest BCUT2D eigenvalue weighted by Gasteiger charge is -2.40. The second-order valence-corrected chi connectivity index (χ2v) is 6.54. The lowest BCUT2D eigenvalue weighted by Crippen LogP contribution is -2.53. The Balaban J connectivity index is 1.48. The molecule has 1 N–H and O–H groups in total. The molecule has 6 heteroatoms. The number of piperazine rings is 1. The normalized spacial score (nSPS) is 21.7. The van der Waals surface area contributed by atoms with E-state index in [0.717, 1.165) is 39.1 Å². The van der Waals surface area contributed by atoms with Crippen LogP contribution in [0.5, 0.6) is 0 Å². The quantitative estimate of drug-likeness (QED) is 0.907. The molecule has 3 rings (SSSR count). The molecule has 0 radical (unpaired) electrons. The van der Waals surface area contributed by atoms with Gasteiger partial charge in [0.2, 0.25) is 5.91 Å². The van der Waals surface area contributed by atoms with E-state index in [0.29, 0.717) is 24.7 Å². The second-order valence-electron chi connectivity index (χ2n) is 6.54. The highest BCUT2D eigenvalue weighted by molar-refractivity contribution is 5.77. The van der Waals surface area contributed by atoms with Crippen LogP contribution in [0.25, 0.3) is 0 Å². The number of rotatable bonds is 4. The molecule has 1 atom stereocenters. The Morgan fingerprint density at radius 2 is 1.96 bits per heavy atom. The molecule has 0 saturated carbocycles. The Kier molecular flexibility index (Phi) is 5.81. The van der Waals surface area contributed by atoms with Crippen molar-refractivity contribution in [1.29, 1.82) is 0 Å². The van der Waals surface area contributed by atoms with Crippen molar-refractivity contribution in [2.75, 3.05) is 39.4 Å². The van der Waals surface area contributed by atoms with E-state index in [1.807, 2.05) is 0 Å². The van der Waals surface area contributed by atoms with E-state index in [1.165, 1.54) is 12.1 Å². The molecule has 1 aromatic rings. The van der Waals surface area contributed by atoms with Gasteiger partial charge in [0.05, 0.1) is 12.5 Å². The summed E-state index contributed by atoms with van der Waals surface area (Å²) in [6.07, 6.45) is 1.17. The molecule has 2 aliphatic heterocycles. The molecule has 2 heterocycles. The highest BCUT2D eigenvalue weighted by Gasteiger charge is 2.28. The summed E-state index contributed by atoms with van der Waals surface area (Å²) in [6, 6.07) is 6.36. The van der Waals surface area contributed by atoms with Gasteiger partial charge < -0.3 is 14.7 Å². The standard InChI is InChI=1S/C18H25FN2O3/c19-15-3-1-2-14(12-15)17(22)13-18(23)21-8-6-20(7-9-21)16-4-10-24-11-5-16/h1-3,12,16-17,22H,4-11,13H2. The topological polar surface area (TPSA) is 53.0 Å². The maximum absolute atomic E-state index is 13.2. The molecular formula is C18H25FN2O3. The van der Waals surface area contributed by atoms with Gasteiger partial charge in [-0.05, 0) is 30.5 Å². The second kappa shape index (κ2) is 8.05. The average molecular weight is 336 g/mol. The zero-order valence-electron chi connectivity index (χ0n) is 13.9. The van der Waals surface area contributed by atoms with E-state index in [4.69, 9.17) is 4.74 Å². The molecule has 24 heavy (non-hydrogen) atoms. The van der Waals surface area contributed by atoms with E-state index in [-0.39, 0.29) is 12.3 Å². The minimum atomic E-state index is -0.957. The predicted octanol–water partition coefficient (Wildman–Crippen LogP) is 1.57. The number of benzene rings is 1. The summed E-state index contributed by atoms with van der Waals surface area (Å²) in [5, 5.41) is 10.2. The van der Waals surface area contributed by atoms with Gasteiger partial charge in [0.25, 0.3) is 0 Å². The fourth-order valence-corrected chi connectivity index (χ4v) is 3.51. The number of hydrogen-bond acceptors (Lipinski definition) is 4. The molecule has 0 spiro atoms. The molecule has 0 aliphatic carbocycles. The van der Waals surface area contributed by atoms with Crippen molar-refractivity contribution in [3.8, 4) is 0 Å². The van der Waals surface area contributed by atoms with E-state index in [9.17, 15) is 14.3 Å². The first kappa shape index (κ1) is 17.3. The summed E-state index contributed by atoms with van der Waals surface area (Å²) in [5.41, 5.74) is 0.448. The van der Waals surface area contributed by atoms with Crippen LogP contribution in [-0.4, -0.2) is 66.2 Å². The smallest absolute Gasteiger partial charge is 0.225 e. The van der Waals surface area contributed by atoms with Gasteiger partial charge in [0.15, 0.2) is 0 Å². The lowest BCUT2D eigenvalue weighted by atomic mass is 10.0. The first-order chi connectivity index (χ1) is 11.6. The number of carbonyl (C=O) groups is 1. The third kappa shape index (κ3) is 4.32. The van der Waals surface area contributed by atoms with Crippen LogP contribution in [0.2, 0.25) is 0 Å². The molecule has 2 saturated heterocycles. The highest BCUT2D eigenvalue weighted by atomic mass is 19.1. The van der Waals surface area contributed by atoms with E-state index in [1.54, 1.807) is 17.0 Å². The summed E-state index contributed by atoms with van der Waals surface area (Å²) in [6.45, 7) is 4.75. The van der Waals surface area contributed by atoms with Crippen LogP contribution in [0.4, 0.5) is 4.39 Å². The van der Waals surface area contributed by atoms with Crippen LogP contribution in [0.1, 0.15) is 30.9 Å². The Hall–Kier alpha value is -1.50. The third-order valence-electron chi connectivity index (χ3n) is 4.98. The number of hydrogen-bond donors (Lipinski definition) is 1. The van der Waals surface area contributed by atoms with Crippen LogP contribution in [0, 0.1) is 5.82 Å². The molecule has 5 nitrogen and oxygen atoms in total. The molecule has 2 fully saturated rings. The predicted molar refractivity (Wildman–Crippen MR) is 88.0 cm³/mol. The first-order valence-electron chi connectivity index (χ1n) is 8.66. The Morgan fingerprint density at radius 1 is 1.25 bits per heavy atom. The minimum Gasteiger partial charge on any atom is -0.388 e. The van der Waals surface area contributed by atoms with Gasteiger partial charge in [-0.3, -0.25) is 9.69 Å². The van der Waals surface area contributed by atoms with Gasteiger partial charge in [-0.1, -0.05) is 12.1 Å². The van der Waals surface area contributed by atoms with Gasteiger partial charge in [-0.25, -0.2) is 4.39 Å². The molecule has 2 aliphatic rings.